The predicted molar refractivity (Wildman–Crippen MR) is 66.7 cm³/mol. The van der Waals surface area contributed by atoms with Gasteiger partial charge in [-0.2, -0.15) is 0 Å². The topological polar surface area (TPSA) is 53.5 Å². The van der Waals surface area contributed by atoms with E-state index in [0.29, 0.717) is 6.04 Å². The van der Waals surface area contributed by atoms with Gasteiger partial charge >= 0.3 is 0 Å². The number of carbonyl (C=O) groups is 1. The molecule has 0 aromatic rings. The summed E-state index contributed by atoms with van der Waals surface area (Å²) in [7, 11) is 0. The molecule has 1 aliphatic heterocycles. The summed E-state index contributed by atoms with van der Waals surface area (Å²) >= 11 is 0. The molecule has 4 nitrogen and oxygen atoms in total. The Morgan fingerprint density at radius 3 is 2.71 bits per heavy atom. The highest BCUT2D eigenvalue weighted by Crippen LogP contribution is 2.42. The first-order chi connectivity index (χ1) is 7.99. The van der Waals surface area contributed by atoms with E-state index in [1.807, 2.05) is 0 Å². The van der Waals surface area contributed by atoms with Gasteiger partial charge in [0.2, 0.25) is 0 Å². The highest BCUT2D eigenvalue weighted by Gasteiger charge is 2.50. The minimum Gasteiger partial charge on any atom is -0.342 e. The molecule has 0 aromatic carbocycles. The molecule has 1 spiro atoms. The van der Waals surface area contributed by atoms with Gasteiger partial charge in [0.05, 0.1) is 6.04 Å². The number of aliphatic imine (C=N–C) groups is 1. The zero-order chi connectivity index (χ0) is 12.1. The molecule has 1 amide bonds. The molecule has 17 heavy (non-hydrogen) atoms. The van der Waals surface area contributed by atoms with Crippen molar-refractivity contribution in [3.05, 3.63) is 0 Å². The van der Waals surface area contributed by atoms with Gasteiger partial charge in [-0.15, -0.1) is 0 Å². The maximum Gasteiger partial charge on any atom is 0.252 e. The summed E-state index contributed by atoms with van der Waals surface area (Å²) in [5.74, 6) is 0.847. The highest BCUT2D eigenvalue weighted by atomic mass is 16.2. The average molecular weight is 235 g/mol. The van der Waals surface area contributed by atoms with Crippen molar-refractivity contribution in [3.8, 4) is 0 Å². The van der Waals surface area contributed by atoms with Gasteiger partial charge in [0.15, 0.2) is 5.96 Å². The Bertz CT molecular complexity index is 384. The lowest BCUT2D eigenvalue weighted by atomic mass is 9.68. The van der Waals surface area contributed by atoms with Gasteiger partial charge in [-0.05, 0) is 37.5 Å². The third-order valence-electron chi connectivity index (χ3n) is 4.12. The number of nitrogens with one attached hydrogen (secondary N) is 2. The number of hydrogen-bond acceptors (Lipinski definition) is 2. The van der Waals surface area contributed by atoms with E-state index in [1.54, 1.807) is 0 Å². The fourth-order valence-electron chi connectivity index (χ4n) is 3.16. The highest BCUT2D eigenvalue weighted by molar-refractivity contribution is 6.09. The van der Waals surface area contributed by atoms with Crippen LogP contribution in [0.2, 0.25) is 0 Å². The van der Waals surface area contributed by atoms with Gasteiger partial charge < -0.3 is 5.32 Å². The molecule has 0 aromatic heterocycles. The van der Waals surface area contributed by atoms with E-state index in [4.69, 9.17) is 0 Å². The summed E-state index contributed by atoms with van der Waals surface area (Å²) in [6, 6.07) is 0.449. The molecule has 2 aliphatic carbocycles. The van der Waals surface area contributed by atoms with E-state index < -0.39 is 0 Å². The van der Waals surface area contributed by atoms with E-state index >= 15 is 0 Å². The molecule has 0 radical (unpaired) electrons. The first kappa shape index (κ1) is 11.1. The van der Waals surface area contributed by atoms with E-state index in [2.05, 4.69) is 29.5 Å². The van der Waals surface area contributed by atoms with Crippen LogP contribution in [0.15, 0.2) is 4.99 Å². The van der Waals surface area contributed by atoms with Crippen LogP contribution in [0.25, 0.3) is 0 Å². The summed E-state index contributed by atoms with van der Waals surface area (Å²) in [5.41, 5.74) is -0.132. The molecular formula is C13H21N3O. The lowest BCUT2D eigenvalue weighted by Crippen LogP contribution is -2.52. The Kier molecular flexibility index (Phi) is 2.25. The van der Waals surface area contributed by atoms with Gasteiger partial charge in [-0.1, -0.05) is 20.3 Å². The van der Waals surface area contributed by atoms with Crippen LogP contribution in [0.1, 0.15) is 52.4 Å². The van der Waals surface area contributed by atoms with Gasteiger partial charge in [-0.25, -0.2) is 4.99 Å². The Balaban J connectivity index is 1.80. The number of guanidine groups is 1. The lowest BCUT2D eigenvalue weighted by molar-refractivity contribution is -0.126. The number of carbonyl (C=O) groups excluding carboxylic acids is 1. The number of nitrogens with zero attached hydrogens (tertiary/aromatic N) is 1. The maximum atomic E-state index is 12.2. The average Bonchev–Trinajstić information content (AvgIpc) is 2.94. The van der Waals surface area contributed by atoms with Crippen molar-refractivity contribution in [1.82, 2.24) is 10.6 Å². The van der Waals surface area contributed by atoms with Crippen molar-refractivity contribution in [2.75, 3.05) is 0 Å². The van der Waals surface area contributed by atoms with Gasteiger partial charge in [0.1, 0.15) is 5.54 Å². The molecule has 3 rings (SSSR count). The fourth-order valence-corrected chi connectivity index (χ4v) is 3.16. The zero-order valence-corrected chi connectivity index (χ0v) is 10.7. The van der Waals surface area contributed by atoms with E-state index in [1.165, 1.54) is 19.3 Å². The van der Waals surface area contributed by atoms with E-state index in [9.17, 15) is 4.79 Å². The third-order valence-corrected chi connectivity index (χ3v) is 4.12. The molecule has 4 heteroatoms. The van der Waals surface area contributed by atoms with Crippen LogP contribution in [-0.4, -0.2) is 23.4 Å². The normalized spacial score (nSPS) is 38.2. The van der Waals surface area contributed by atoms with Crippen molar-refractivity contribution >= 4 is 11.9 Å². The van der Waals surface area contributed by atoms with Crippen LogP contribution in [0.5, 0.6) is 0 Å². The molecule has 1 heterocycles. The minimum atomic E-state index is -0.379. The Hall–Kier alpha value is -1.06. The smallest absolute Gasteiger partial charge is 0.252 e. The van der Waals surface area contributed by atoms with Crippen LogP contribution in [0.4, 0.5) is 0 Å². The van der Waals surface area contributed by atoms with Gasteiger partial charge in [0, 0.05) is 0 Å². The second-order valence-electron chi connectivity index (χ2n) is 6.56. The Morgan fingerprint density at radius 1 is 1.29 bits per heavy atom. The SMILES string of the molecule is CC1(C)CCCC2(C1)NC(=NC1CC1)NC2=O. The van der Waals surface area contributed by atoms with Crippen molar-refractivity contribution in [2.24, 2.45) is 10.4 Å². The zero-order valence-electron chi connectivity index (χ0n) is 10.7. The van der Waals surface area contributed by atoms with Crippen LogP contribution in [-0.2, 0) is 4.79 Å². The van der Waals surface area contributed by atoms with Crippen molar-refractivity contribution in [3.63, 3.8) is 0 Å². The Morgan fingerprint density at radius 2 is 2.06 bits per heavy atom. The lowest BCUT2D eigenvalue weighted by Gasteiger charge is -2.40. The number of rotatable bonds is 1. The molecule has 3 aliphatic rings. The molecule has 3 fully saturated rings. The molecular weight excluding hydrogens is 214 g/mol. The summed E-state index contributed by atoms with van der Waals surface area (Å²) in [4.78, 5) is 16.7. The second kappa shape index (κ2) is 3.47. The van der Waals surface area contributed by atoms with Gasteiger partial charge in [-0.3, -0.25) is 10.1 Å². The molecule has 1 atom stereocenters. The monoisotopic (exact) mass is 235 g/mol. The quantitative estimate of drug-likeness (QED) is 0.724. The summed E-state index contributed by atoms with van der Waals surface area (Å²) in [6.07, 6.45) is 6.50. The van der Waals surface area contributed by atoms with E-state index in [-0.39, 0.29) is 16.9 Å². The summed E-state index contributed by atoms with van der Waals surface area (Å²) in [6.45, 7) is 4.50. The standard InChI is InChI=1S/C13H21N3O/c1-12(2)6-3-7-13(8-12)10(17)15-11(16-13)14-9-4-5-9/h9H,3-8H2,1-2H3,(H2,14,15,16,17). The predicted octanol–water partition coefficient (Wildman–Crippen LogP) is 1.56. The molecule has 2 N–H and O–H groups in total. The molecule has 94 valence electrons. The van der Waals surface area contributed by atoms with Crippen LogP contribution in [0, 0.1) is 5.41 Å². The van der Waals surface area contributed by atoms with Crippen molar-refractivity contribution < 1.29 is 4.79 Å². The molecule has 0 bridgehead atoms. The molecule has 1 unspecified atom stereocenters. The Labute approximate surface area is 102 Å². The number of amides is 1. The summed E-state index contributed by atoms with van der Waals surface area (Å²) in [5, 5.41) is 6.30. The fraction of sp³-hybridized carbons (Fsp3) is 0.846. The maximum absolute atomic E-state index is 12.2. The van der Waals surface area contributed by atoms with Crippen molar-refractivity contribution in [2.45, 2.75) is 64.0 Å². The summed E-state index contributed by atoms with van der Waals surface area (Å²) < 4.78 is 0. The first-order valence-electron chi connectivity index (χ1n) is 6.67. The minimum absolute atomic E-state index is 0.129. The van der Waals surface area contributed by atoms with Gasteiger partial charge in [0.25, 0.3) is 5.91 Å². The largest absolute Gasteiger partial charge is 0.342 e. The molecule has 2 saturated carbocycles. The van der Waals surface area contributed by atoms with Crippen LogP contribution >= 0.6 is 0 Å². The van der Waals surface area contributed by atoms with Crippen molar-refractivity contribution in [1.29, 1.82) is 0 Å². The number of hydrogen-bond donors (Lipinski definition) is 2. The second-order valence-corrected chi connectivity index (χ2v) is 6.56. The first-order valence-corrected chi connectivity index (χ1v) is 6.67. The third kappa shape index (κ3) is 2.05. The van der Waals surface area contributed by atoms with E-state index in [0.717, 1.165) is 25.2 Å². The van der Waals surface area contributed by atoms with Crippen LogP contribution in [0.3, 0.4) is 0 Å². The van der Waals surface area contributed by atoms with Crippen LogP contribution < -0.4 is 10.6 Å². The molecule has 1 saturated heterocycles.